The van der Waals surface area contributed by atoms with Crippen LogP contribution in [-0.2, 0) is 4.74 Å². The zero-order valence-corrected chi connectivity index (χ0v) is 20.8. The lowest BCUT2D eigenvalue weighted by molar-refractivity contribution is 0.120. The first-order valence-corrected chi connectivity index (χ1v) is 11.8. The topological polar surface area (TPSA) is 98.6 Å². The van der Waals surface area contributed by atoms with E-state index in [2.05, 4.69) is 25.3 Å². The summed E-state index contributed by atoms with van der Waals surface area (Å²) in [5, 5.41) is 11.3. The fraction of sp³-hybridized carbons (Fsp3) is 0.318. The van der Waals surface area contributed by atoms with E-state index >= 15 is 0 Å². The molecule has 2 unspecified atom stereocenters. The third-order valence-electron chi connectivity index (χ3n) is 5.20. The number of hydrazine groups is 1. The molecule has 34 heavy (non-hydrogen) atoms. The predicted octanol–water partition coefficient (Wildman–Crippen LogP) is 3.79. The summed E-state index contributed by atoms with van der Waals surface area (Å²) in [6.07, 6.45) is 5.32. The van der Waals surface area contributed by atoms with Gasteiger partial charge in [-0.1, -0.05) is 17.7 Å². The lowest BCUT2D eigenvalue weighted by Gasteiger charge is -2.20. The highest BCUT2D eigenvalue weighted by Gasteiger charge is 2.27. The van der Waals surface area contributed by atoms with Gasteiger partial charge in [-0.15, -0.1) is 10.2 Å². The molecule has 0 aliphatic carbocycles. The molecule has 3 heterocycles. The van der Waals surface area contributed by atoms with E-state index in [1.807, 2.05) is 53.2 Å². The first-order valence-electron chi connectivity index (χ1n) is 10.4. The zero-order valence-electron chi connectivity index (χ0n) is 19.2. The number of pyridine rings is 1. The van der Waals surface area contributed by atoms with Crippen molar-refractivity contribution in [3.8, 4) is 17.2 Å². The van der Waals surface area contributed by atoms with Gasteiger partial charge in [0.25, 0.3) is 0 Å². The second-order valence-electron chi connectivity index (χ2n) is 7.33. The number of nitrogens with one attached hydrogen (secondary N) is 2. The molecule has 0 amide bonds. The van der Waals surface area contributed by atoms with Crippen LogP contribution in [0, 0.1) is 0 Å². The van der Waals surface area contributed by atoms with Crippen LogP contribution in [0.2, 0.25) is 5.02 Å². The van der Waals surface area contributed by atoms with Crippen molar-refractivity contribution in [3.05, 3.63) is 65.3 Å². The standard InChI is InChI=1S/C22H26ClN7O3S/c1-29-11-10-16(27-29)21-25-26-22(30(21)20-17(31-2)6-5-7-18(20)32-3)28-34-13-19(33-4)15-9-8-14(23)12-24-15/h5-12,16,19,27H,13H2,1-4H3,(H,26,28). The quantitative estimate of drug-likeness (QED) is 0.397. The molecule has 10 nitrogen and oxygen atoms in total. The van der Waals surface area contributed by atoms with E-state index in [4.69, 9.17) is 25.8 Å². The summed E-state index contributed by atoms with van der Waals surface area (Å²) >= 11 is 7.39. The van der Waals surface area contributed by atoms with E-state index in [1.165, 1.54) is 11.9 Å². The normalized spacial score (nSPS) is 16.0. The summed E-state index contributed by atoms with van der Waals surface area (Å²) in [7, 11) is 6.81. The molecule has 0 fully saturated rings. The molecule has 12 heteroatoms. The van der Waals surface area contributed by atoms with Gasteiger partial charge in [0.1, 0.15) is 29.3 Å². The van der Waals surface area contributed by atoms with Crippen molar-refractivity contribution in [3.63, 3.8) is 0 Å². The number of hydrogen-bond donors (Lipinski definition) is 2. The number of para-hydroxylation sites is 1. The summed E-state index contributed by atoms with van der Waals surface area (Å²) in [6.45, 7) is 0. The van der Waals surface area contributed by atoms with Crippen LogP contribution in [0.1, 0.15) is 23.7 Å². The van der Waals surface area contributed by atoms with Gasteiger partial charge in [0.05, 0.1) is 24.9 Å². The third-order valence-corrected chi connectivity index (χ3v) is 6.22. The van der Waals surface area contributed by atoms with Gasteiger partial charge in [-0.25, -0.2) is 5.43 Å². The summed E-state index contributed by atoms with van der Waals surface area (Å²) in [4.78, 5) is 4.36. The number of hydrogen-bond acceptors (Lipinski definition) is 10. The fourth-order valence-corrected chi connectivity index (χ4v) is 4.45. The SMILES string of the molecule is COc1cccc(OC)c1-n1c(NSCC(OC)c2ccc(Cl)cn2)nnc1C1C=CN(C)N1. The van der Waals surface area contributed by atoms with Crippen LogP contribution in [-0.4, -0.2) is 58.9 Å². The van der Waals surface area contributed by atoms with Crippen molar-refractivity contribution in [1.82, 2.24) is 30.2 Å². The molecule has 3 aromatic rings. The second-order valence-corrected chi connectivity index (χ2v) is 8.59. The minimum absolute atomic E-state index is 0.183. The van der Waals surface area contributed by atoms with Crippen LogP contribution in [0.5, 0.6) is 11.5 Å². The average molecular weight is 504 g/mol. The van der Waals surface area contributed by atoms with Gasteiger partial charge < -0.3 is 19.2 Å². The van der Waals surface area contributed by atoms with Gasteiger partial charge in [-0.2, -0.15) is 0 Å². The number of aromatic nitrogens is 4. The number of nitrogens with zero attached hydrogens (tertiary/aromatic N) is 5. The second kappa shape index (κ2) is 11.0. The molecular weight excluding hydrogens is 478 g/mol. The maximum atomic E-state index is 5.96. The molecule has 1 aliphatic heterocycles. The van der Waals surface area contributed by atoms with E-state index in [1.54, 1.807) is 33.6 Å². The van der Waals surface area contributed by atoms with Crippen molar-refractivity contribution in [2.45, 2.75) is 12.1 Å². The summed E-state index contributed by atoms with van der Waals surface area (Å²) in [5.41, 5.74) is 4.81. The van der Waals surface area contributed by atoms with Crippen LogP contribution < -0.4 is 19.6 Å². The maximum absolute atomic E-state index is 5.96. The van der Waals surface area contributed by atoms with E-state index in [0.29, 0.717) is 39.7 Å². The molecule has 2 N–H and O–H groups in total. The van der Waals surface area contributed by atoms with Gasteiger partial charge in [0.15, 0.2) is 5.82 Å². The van der Waals surface area contributed by atoms with Crippen molar-refractivity contribution in [2.75, 3.05) is 38.9 Å². The Morgan fingerprint density at radius 1 is 1.15 bits per heavy atom. The lowest BCUT2D eigenvalue weighted by Crippen LogP contribution is -2.28. The largest absolute Gasteiger partial charge is 0.494 e. The Balaban J connectivity index is 1.64. The molecule has 4 rings (SSSR count). The number of rotatable bonds is 10. The number of anilines is 1. The minimum Gasteiger partial charge on any atom is -0.494 e. The molecule has 180 valence electrons. The van der Waals surface area contributed by atoms with Crippen molar-refractivity contribution >= 4 is 29.5 Å². The monoisotopic (exact) mass is 503 g/mol. The Kier molecular flexibility index (Phi) is 7.78. The Morgan fingerprint density at radius 3 is 2.50 bits per heavy atom. The molecule has 1 aliphatic rings. The predicted molar refractivity (Wildman–Crippen MR) is 132 cm³/mol. The van der Waals surface area contributed by atoms with Crippen LogP contribution in [0.3, 0.4) is 0 Å². The molecule has 0 bridgehead atoms. The number of halogens is 1. The lowest BCUT2D eigenvalue weighted by atomic mass is 10.2. The maximum Gasteiger partial charge on any atom is 0.239 e. The number of ether oxygens (including phenoxy) is 3. The molecule has 0 saturated heterocycles. The average Bonchev–Trinajstić information content (AvgIpc) is 3.47. The van der Waals surface area contributed by atoms with E-state index in [9.17, 15) is 0 Å². The van der Waals surface area contributed by atoms with Crippen molar-refractivity contribution in [2.24, 2.45) is 0 Å². The first-order chi connectivity index (χ1) is 16.5. The molecule has 0 saturated carbocycles. The van der Waals surface area contributed by atoms with E-state index in [0.717, 1.165) is 5.69 Å². The Bertz CT molecular complexity index is 1120. The minimum atomic E-state index is -0.237. The van der Waals surface area contributed by atoms with Gasteiger partial charge in [-0.05, 0) is 42.3 Å². The summed E-state index contributed by atoms with van der Waals surface area (Å²) < 4.78 is 22.1. The highest BCUT2D eigenvalue weighted by atomic mass is 35.5. The Hall–Kier alpha value is -2.99. The molecule has 1 aromatic carbocycles. The number of methoxy groups -OCH3 is 3. The van der Waals surface area contributed by atoms with Crippen LogP contribution in [0.15, 0.2) is 48.8 Å². The summed E-state index contributed by atoms with van der Waals surface area (Å²) in [5.74, 6) is 3.02. The van der Waals surface area contributed by atoms with Gasteiger partial charge >= 0.3 is 0 Å². The van der Waals surface area contributed by atoms with Gasteiger partial charge in [-0.3, -0.25) is 14.3 Å². The highest BCUT2D eigenvalue weighted by molar-refractivity contribution is 8.00. The van der Waals surface area contributed by atoms with Crippen LogP contribution in [0.4, 0.5) is 5.95 Å². The third kappa shape index (κ3) is 5.07. The van der Waals surface area contributed by atoms with E-state index in [-0.39, 0.29) is 12.1 Å². The molecule has 2 atom stereocenters. The molecule has 2 aromatic heterocycles. The number of benzene rings is 1. The van der Waals surface area contributed by atoms with Crippen molar-refractivity contribution in [1.29, 1.82) is 0 Å². The van der Waals surface area contributed by atoms with Crippen LogP contribution in [0.25, 0.3) is 5.69 Å². The Labute approximate surface area is 207 Å². The van der Waals surface area contributed by atoms with E-state index < -0.39 is 0 Å². The van der Waals surface area contributed by atoms with Gasteiger partial charge in [0, 0.05) is 32.3 Å². The molecular formula is C22H26ClN7O3S. The smallest absolute Gasteiger partial charge is 0.239 e. The summed E-state index contributed by atoms with van der Waals surface area (Å²) in [6, 6.07) is 9.08. The molecule has 0 spiro atoms. The van der Waals surface area contributed by atoms with Gasteiger partial charge in [0.2, 0.25) is 5.95 Å². The highest BCUT2D eigenvalue weighted by Crippen LogP contribution is 2.37. The first kappa shape index (κ1) is 24.1. The fourth-order valence-electron chi connectivity index (χ4n) is 3.53. The van der Waals surface area contributed by atoms with Crippen molar-refractivity contribution < 1.29 is 14.2 Å². The van der Waals surface area contributed by atoms with Crippen LogP contribution >= 0.6 is 23.5 Å². The Morgan fingerprint density at radius 2 is 1.91 bits per heavy atom. The zero-order chi connectivity index (χ0) is 24.1. The molecule has 0 radical (unpaired) electrons.